The number of hydrogen-bond acceptors (Lipinski definition) is 1. The van der Waals surface area contributed by atoms with Crippen LogP contribution in [0.1, 0.15) is 31.7 Å². The molecule has 1 aromatic carbocycles. The molecule has 0 amide bonds. The second kappa shape index (κ2) is 5.35. The molecule has 1 atom stereocenters. The smallest absolute Gasteiger partial charge is 0.331 e. The quantitative estimate of drug-likeness (QED) is 0.764. The molecule has 1 N–H and O–H groups in total. The molecule has 0 saturated carbocycles. The molecule has 1 aromatic rings. The van der Waals surface area contributed by atoms with E-state index >= 15 is 0 Å². The van der Waals surface area contributed by atoms with Crippen molar-refractivity contribution >= 4 is 5.97 Å². The highest BCUT2D eigenvalue weighted by Crippen LogP contribution is 2.23. The minimum absolute atomic E-state index is 0.0522. The van der Waals surface area contributed by atoms with Crippen LogP contribution in [0.4, 0.5) is 0 Å². The van der Waals surface area contributed by atoms with Crippen LogP contribution < -0.4 is 0 Å². The van der Waals surface area contributed by atoms with Gasteiger partial charge in [0.2, 0.25) is 0 Å². The number of hydrogen-bond donors (Lipinski definition) is 1. The lowest BCUT2D eigenvalue weighted by molar-refractivity contribution is -0.132. The Morgan fingerprint density at radius 3 is 2.47 bits per heavy atom. The van der Waals surface area contributed by atoms with Gasteiger partial charge in [-0.1, -0.05) is 50.3 Å². The maximum Gasteiger partial charge on any atom is 0.331 e. The third-order valence-corrected chi connectivity index (χ3v) is 2.44. The van der Waals surface area contributed by atoms with Gasteiger partial charge < -0.3 is 5.11 Å². The number of carboxylic acid groups (broad SMARTS) is 1. The van der Waals surface area contributed by atoms with E-state index in [1.807, 2.05) is 44.2 Å². The Bertz CT molecular complexity index is 352. The second-order valence-electron chi connectivity index (χ2n) is 3.51. The minimum atomic E-state index is -0.826. The summed E-state index contributed by atoms with van der Waals surface area (Å²) in [4.78, 5) is 11.0. The van der Waals surface area contributed by atoms with Crippen LogP contribution in [0.5, 0.6) is 0 Å². The summed E-state index contributed by atoms with van der Waals surface area (Å²) in [5, 5.41) is 9.07. The number of carboxylic acids is 1. The summed E-state index contributed by atoms with van der Waals surface area (Å²) in [6, 6.07) is 9.70. The van der Waals surface area contributed by atoms with E-state index in [1.165, 1.54) is 0 Å². The van der Waals surface area contributed by atoms with E-state index in [0.717, 1.165) is 12.0 Å². The zero-order valence-corrected chi connectivity index (χ0v) is 9.10. The van der Waals surface area contributed by atoms with E-state index in [9.17, 15) is 4.79 Å². The Hall–Kier alpha value is -1.57. The lowest BCUT2D eigenvalue weighted by Gasteiger charge is -2.12. The molecule has 0 fully saturated rings. The molecule has 0 radical (unpaired) electrons. The molecule has 1 unspecified atom stereocenters. The zero-order valence-electron chi connectivity index (χ0n) is 9.10. The van der Waals surface area contributed by atoms with Gasteiger partial charge in [-0.25, -0.2) is 4.79 Å². The van der Waals surface area contributed by atoms with Crippen molar-refractivity contribution in [1.82, 2.24) is 0 Å². The molecule has 2 nitrogen and oxygen atoms in total. The fourth-order valence-corrected chi connectivity index (χ4v) is 1.59. The van der Waals surface area contributed by atoms with Gasteiger partial charge in [-0.3, -0.25) is 0 Å². The average Bonchev–Trinajstić information content (AvgIpc) is 2.26. The normalized spacial score (nSPS) is 13.6. The van der Waals surface area contributed by atoms with Crippen molar-refractivity contribution in [2.24, 2.45) is 0 Å². The maximum absolute atomic E-state index is 11.0. The van der Waals surface area contributed by atoms with Crippen molar-refractivity contribution in [1.29, 1.82) is 0 Å². The Kier molecular flexibility index (Phi) is 4.10. The molecule has 0 aliphatic carbocycles. The number of carbonyl (C=O) groups is 1. The molecule has 0 bridgehead atoms. The Morgan fingerprint density at radius 2 is 2.00 bits per heavy atom. The summed E-state index contributed by atoms with van der Waals surface area (Å²) < 4.78 is 0. The summed E-state index contributed by atoms with van der Waals surface area (Å²) in [6.45, 7) is 3.87. The third kappa shape index (κ3) is 2.94. The zero-order chi connectivity index (χ0) is 11.3. The first kappa shape index (κ1) is 11.5. The van der Waals surface area contributed by atoms with Crippen molar-refractivity contribution in [3.8, 4) is 0 Å². The highest BCUT2D eigenvalue weighted by atomic mass is 16.4. The van der Waals surface area contributed by atoms with Crippen molar-refractivity contribution in [2.45, 2.75) is 26.2 Å². The number of rotatable bonds is 4. The lowest BCUT2D eigenvalue weighted by atomic mass is 9.92. The van der Waals surface area contributed by atoms with Crippen LogP contribution in [0, 0.1) is 0 Å². The summed E-state index contributed by atoms with van der Waals surface area (Å²) in [5.74, 6) is -0.878. The summed E-state index contributed by atoms with van der Waals surface area (Å²) in [5.41, 5.74) is 1.52. The summed E-state index contributed by atoms with van der Waals surface area (Å²) in [7, 11) is 0. The minimum Gasteiger partial charge on any atom is -0.478 e. The molecule has 0 heterocycles. The Balaban J connectivity index is 2.96. The molecule has 15 heavy (non-hydrogen) atoms. The third-order valence-electron chi connectivity index (χ3n) is 2.44. The van der Waals surface area contributed by atoms with E-state index in [4.69, 9.17) is 5.11 Å². The second-order valence-corrected chi connectivity index (χ2v) is 3.51. The van der Waals surface area contributed by atoms with Crippen molar-refractivity contribution in [3.05, 3.63) is 47.5 Å². The fraction of sp³-hybridized carbons (Fsp3) is 0.308. The van der Waals surface area contributed by atoms with E-state index in [0.29, 0.717) is 5.57 Å². The molecule has 0 aliphatic rings. The van der Waals surface area contributed by atoms with Crippen molar-refractivity contribution < 1.29 is 9.90 Å². The van der Waals surface area contributed by atoms with E-state index in [2.05, 4.69) is 0 Å². The van der Waals surface area contributed by atoms with E-state index in [1.54, 1.807) is 6.08 Å². The summed E-state index contributed by atoms with van der Waals surface area (Å²) >= 11 is 0. The van der Waals surface area contributed by atoms with Crippen molar-refractivity contribution in [3.63, 3.8) is 0 Å². The average molecular weight is 204 g/mol. The predicted octanol–water partition coefficient (Wildman–Crippen LogP) is 3.21. The van der Waals surface area contributed by atoms with Crippen LogP contribution in [0.2, 0.25) is 0 Å². The molecule has 0 aromatic heterocycles. The SMILES string of the molecule is CC/C=C(/C(=O)O)C(C)c1ccccc1. The Labute approximate surface area is 90.3 Å². The molecule has 0 spiro atoms. The first-order valence-electron chi connectivity index (χ1n) is 5.15. The van der Waals surface area contributed by atoms with Gasteiger partial charge in [0.25, 0.3) is 0 Å². The molecular formula is C13H16O2. The molecule has 0 saturated heterocycles. The molecule has 2 heteroatoms. The van der Waals surface area contributed by atoms with Gasteiger partial charge in [0.15, 0.2) is 0 Å². The van der Waals surface area contributed by atoms with Crippen LogP contribution in [-0.2, 0) is 4.79 Å². The largest absolute Gasteiger partial charge is 0.478 e. The van der Waals surface area contributed by atoms with E-state index in [-0.39, 0.29) is 5.92 Å². The molecule has 1 rings (SSSR count). The van der Waals surface area contributed by atoms with Crippen LogP contribution in [0.25, 0.3) is 0 Å². The van der Waals surface area contributed by atoms with Gasteiger partial charge >= 0.3 is 5.97 Å². The van der Waals surface area contributed by atoms with Crippen LogP contribution >= 0.6 is 0 Å². The van der Waals surface area contributed by atoms with E-state index < -0.39 is 5.97 Å². The van der Waals surface area contributed by atoms with Gasteiger partial charge in [-0.15, -0.1) is 0 Å². The maximum atomic E-state index is 11.0. The number of aliphatic carboxylic acids is 1. The van der Waals surface area contributed by atoms with Crippen LogP contribution in [0.3, 0.4) is 0 Å². The van der Waals surface area contributed by atoms with Crippen LogP contribution in [-0.4, -0.2) is 11.1 Å². The standard InChI is InChI=1S/C13H16O2/c1-3-7-12(13(14)15)10(2)11-8-5-4-6-9-11/h4-10H,3H2,1-2H3,(H,14,15)/b12-7+. The monoisotopic (exact) mass is 204 g/mol. The lowest BCUT2D eigenvalue weighted by Crippen LogP contribution is -2.08. The van der Waals surface area contributed by atoms with Crippen molar-refractivity contribution in [2.75, 3.05) is 0 Å². The Morgan fingerprint density at radius 1 is 1.40 bits per heavy atom. The number of allylic oxidation sites excluding steroid dienone is 1. The summed E-state index contributed by atoms with van der Waals surface area (Å²) in [6.07, 6.45) is 2.53. The molecule has 0 aliphatic heterocycles. The van der Waals surface area contributed by atoms with Gasteiger partial charge in [0.05, 0.1) is 0 Å². The van der Waals surface area contributed by atoms with Gasteiger partial charge in [-0.2, -0.15) is 0 Å². The topological polar surface area (TPSA) is 37.3 Å². The highest BCUT2D eigenvalue weighted by molar-refractivity contribution is 5.88. The number of benzene rings is 1. The molecule has 80 valence electrons. The van der Waals surface area contributed by atoms with Gasteiger partial charge in [-0.05, 0) is 12.0 Å². The fourth-order valence-electron chi connectivity index (χ4n) is 1.59. The highest BCUT2D eigenvalue weighted by Gasteiger charge is 2.16. The molecular weight excluding hydrogens is 188 g/mol. The van der Waals surface area contributed by atoms with Gasteiger partial charge in [0.1, 0.15) is 0 Å². The first-order valence-corrected chi connectivity index (χ1v) is 5.15. The van der Waals surface area contributed by atoms with Crippen LogP contribution in [0.15, 0.2) is 42.0 Å². The predicted molar refractivity (Wildman–Crippen MR) is 60.9 cm³/mol. The first-order chi connectivity index (χ1) is 7.16. The van der Waals surface area contributed by atoms with Gasteiger partial charge in [0, 0.05) is 11.5 Å².